The molecular formula is C6H17NOSi. The van der Waals surface area contributed by atoms with E-state index in [1.54, 1.807) is 0 Å². The standard InChI is InChI=1S/C3H11NSi.C3H6O/c1-2-3(4)5;1-2-4-3-1/h3H,2,4H2,1,5H3;1-3H2. The van der Waals surface area contributed by atoms with Crippen molar-refractivity contribution in [2.24, 2.45) is 5.73 Å². The smallest absolute Gasteiger partial charge is 0.0488 e. The second-order valence-corrected chi connectivity index (χ2v) is 3.83. The molecule has 0 amide bonds. The molecule has 1 fully saturated rings. The van der Waals surface area contributed by atoms with Crippen molar-refractivity contribution in [3.8, 4) is 0 Å². The summed E-state index contributed by atoms with van der Waals surface area (Å²) in [6.45, 7) is 4.11. The van der Waals surface area contributed by atoms with Crippen LogP contribution in [0.3, 0.4) is 0 Å². The lowest BCUT2D eigenvalue weighted by Crippen LogP contribution is -2.17. The van der Waals surface area contributed by atoms with Gasteiger partial charge in [0.25, 0.3) is 0 Å². The molecule has 0 radical (unpaired) electrons. The first kappa shape index (κ1) is 9.14. The van der Waals surface area contributed by atoms with E-state index in [1.165, 1.54) is 6.42 Å². The summed E-state index contributed by atoms with van der Waals surface area (Å²) in [6, 6.07) is 0. The van der Waals surface area contributed by atoms with Gasteiger partial charge in [0.2, 0.25) is 0 Å². The summed E-state index contributed by atoms with van der Waals surface area (Å²) < 4.78 is 4.72. The molecule has 1 heterocycles. The third-order valence-corrected chi connectivity index (χ3v) is 2.04. The van der Waals surface area contributed by atoms with E-state index in [9.17, 15) is 0 Å². The van der Waals surface area contributed by atoms with Gasteiger partial charge < -0.3 is 10.5 Å². The second-order valence-electron chi connectivity index (χ2n) is 2.35. The number of hydrogen-bond acceptors (Lipinski definition) is 2. The monoisotopic (exact) mass is 147 g/mol. The van der Waals surface area contributed by atoms with Gasteiger partial charge in [-0.3, -0.25) is 0 Å². The highest BCUT2D eigenvalue weighted by Gasteiger charge is 1.94. The quantitative estimate of drug-likeness (QED) is 0.505. The van der Waals surface area contributed by atoms with Crippen LogP contribution in [0.2, 0.25) is 0 Å². The van der Waals surface area contributed by atoms with Gasteiger partial charge in [0.1, 0.15) is 0 Å². The summed E-state index contributed by atoms with van der Waals surface area (Å²) in [5, 5.41) is 0. The van der Waals surface area contributed by atoms with Crippen LogP contribution in [0.25, 0.3) is 0 Å². The Morgan fingerprint density at radius 1 is 1.67 bits per heavy atom. The molecule has 0 aromatic heterocycles. The fourth-order valence-electron chi connectivity index (χ4n) is 0.144. The van der Waals surface area contributed by atoms with Crippen LogP contribution >= 0.6 is 0 Å². The van der Waals surface area contributed by atoms with E-state index in [0.29, 0.717) is 5.67 Å². The third-order valence-electron chi connectivity index (χ3n) is 1.22. The Morgan fingerprint density at radius 2 is 1.89 bits per heavy atom. The molecule has 0 saturated carbocycles. The van der Waals surface area contributed by atoms with Crippen LogP contribution < -0.4 is 5.73 Å². The minimum Gasteiger partial charge on any atom is -0.381 e. The summed E-state index contributed by atoms with van der Waals surface area (Å²) in [6.07, 6.45) is 2.42. The lowest BCUT2D eigenvalue weighted by atomic mass is 10.4. The van der Waals surface area contributed by atoms with Crippen LogP contribution in [-0.2, 0) is 4.74 Å². The van der Waals surface area contributed by atoms with E-state index in [-0.39, 0.29) is 0 Å². The predicted molar refractivity (Wildman–Crippen MR) is 43.6 cm³/mol. The Hall–Kier alpha value is 0.137. The molecule has 56 valence electrons. The molecule has 0 aliphatic carbocycles. The molecule has 0 spiro atoms. The number of nitrogens with two attached hydrogens (primary N) is 1. The van der Waals surface area contributed by atoms with Gasteiger partial charge in [0.05, 0.1) is 0 Å². The fraction of sp³-hybridized carbons (Fsp3) is 1.00. The Bertz CT molecular complexity index is 51.0. The SMILES string of the molecule is C1COC1.CCC(N)[SiH3]. The molecule has 0 aromatic carbocycles. The van der Waals surface area contributed by atoms with E-state index in [0.717, 1.165) is 29.9 Å². The lowest BCUT2D eigenvalue weighted by Gasteiger charge is -2.09. The molecule has 2 nitrogen and oxygen atoms in total. The fourth-order valence-corrected chi connectivity index (χ4v) is 0.144. The predicted octanol–water partition coefficient (Wildman–Crippen LogP) is -0.547. The minimum atomic E-state index is 0.523. The normalized spacial score (nSPS) is 19.3. The van der Waals surface area contributed by atoms with E-state index >= 15 is 0 Å². The van der Waals surface area contributed by atoms with E-state index in [4.69, 9.17) is 10.5 Å². The molecule has 9 heavy (non-hydrogen) atoms. The summed E-state index contributed by atoms with van der Waals surface area (Å²) in [5.74, 6) is 0. The molecule has 1 aliphatic rings. The van der Waals surface area contributed by atoms with Gasteiger partial charge in [0.15, 0.2) is 0 Å². The third kappa shape index (κ3) is 8.14. The molecule has 0 aromatic rings. The molecule has 1 unspecified atom stereocenters. The van der Waals surface area contributed by atoms with Gasteiger partial charge in [0, 0.05) is 23.5 Å². The van der Waals surface area contributed by atoms with Crippen LogP contribution in [0.4, 0.5) is 0 Å². The summed E-state index contributed by atoms with van der Waals surface area (Å²) in [7, 11) is 1.15. The molecule has 3 heteroatoms. The highest BCUT2D eigenvalue weighted by molar-refractivity contribution is 6.11. The van der Waals surface area contributed by atoms with Crippen LogP contribution in [0.15, 0.2) is 0 Å². The van der Waals surface area contributed by atoms with E-state index in [2.05, 4.69) is 6.92 Å². The van der Waals surface area contributed by atoms with Crippen molar-refractivity contribution >= 4 is 10.2 Å². The van der Waals surface area contributed by atoms with Crippen molar-refractivity contribution in [3.05, 3.63) is 0 Å². The number of hydrogen-bond donors (Lipinski definition) is 1. The first-order chi connectivity index (χ1) is 4.27. The maximum atomic E-state index is 5.35. The minimum absolute atomic E-state index is 0.523. The van der Waals surface area contributed by atoms with Gasteiger partial charge in [-0.05, 0) is 18.5 Å². The van der Waals surface area contributed by atoms with Crippen molar-refractivity contribution in [1.29, 1.82) is 0 Å². The zero-order valence-electron chi connectivity index (χ0n) is 6.39. The second kappa shape index (κ2) is 6.26. The Balaban J connectivity index is 0.000000144. The largest absolute Gasteiger partial charge is 0.381 e. The first-order valence-electron chi connectivity index (χ1n) is 3.60. The summed E-state index contributed by atoms with van der Waals surface area (Å²) in [4.78, 5) is 0. The van der Waals surface area contributed by atoms with Gasteiger partial charge in [-0.1, -0.05) is 6.92 Å². The van der Waals surface area contributed by atoms with Crippen LogP contribution in [-0.4, -0.2) is 29.1 Å². The highest BCUT2D eigenvalue weighted by atomic mass is 28.1. The first-order valence-corrected chi connectivity index (χ1v) is 4.76. The van der Waals surface area contributed by atoms with Gasteiger partial charge >= 0.3 is 0 Å². The summed E-state index contributed by atoms with van der Waals surface area (Å²) >= 11 is 0. The van der Waals surface area contributed by atoms with E-state index < -0.39 is 0 Å². The number of rotatable bonds is 1. The number of ether oxygens (including phenoxy) is 1. The van der Waals surface area contributed by atoms with Crippen LogP contribution in [0.1, 0.15) is 19.8 Å². The van der Waals surface area contributed by atoms with Crippen molar-refractivity contribution in [2.75, 3.05) is 13.2 Å². The average molecular weight is 147 g/mol. The molecule has 1 atom stereocenters. The zero-order valence-corrected chi connectivity index (χ0v) is 8.39. The van der Waals surface area contributed by atoms with Crippen molar-refractivity contribution in [1.82, 2.24) is 0 Å². The molecule has 0 bridgehead atoms. The van der Waals surface area contributed by atoms with E-state index in [1.807, 2.05) is 0 Å². The Kier molecular flexibility index (Phi) is 6.35. The Labute approximate surface area is 60.2 Å². The van der Waals surface area contributed by atoms with Gasteiger partial charge in [-0.2, -0.15) is 0 Å². The van der Waals surface area contributed by atoms with Gasteiger partial charge in [-0.25, -0.2) is 0 Å². The lowest BCUT2D eigenvalue weighted by molar-refractivity contribution is 0.0367. The van der Waals surface area contributed by atoms with Gasteiger partial charge in [-0.15, -0.1) is 0 Å². The van der Waals surface area contributed by atoms with Crippen molar-refractivity contribution < 1.29 is 4.74 Å². The molecule has 1 saturated heterocycles. The average Bonchev–Trinajstić information content (AvgIpc) is 1.61. The maximum absolute atomic E-state index is 5.35. The van der Waals surface area contributed by atoms with Crippen molar-refractivity contribution in [2.45, 2.75) is 25.4 Å². The molecule has 2 N–H and O–H groups in total. The van der Waals surface area contributed by atoms with Crippen LogP contribution in [0.5, 0.6) is 0 Å². The highest BCUT2D eigenvalue weighted by Crippen LogP contribution is 1.93. The molecular weight excluding hydrogens is 130 g/mol. The Morgan fingerprint density at radius 3 is 1.89 bits per heavy atom. The summed E-state index contributed by atoms with van der Waals surface area (Å²) in [5.41, 5.74) is 5.88. The molecule has 1 rings (SSSR count). The van der Waals surface area contributed by atoms with Crippen molar-refractivity contribution in [3.63, 3.8) is 0 Å². The topological polar surface area (TPSA) is 35.2 Å². The van der Waals surface area contributed by atoms with Crippen LogP contribution in [0, 0.1) is 0 Å². The zero-order chi connectivity index (χ0) is 7.11. The molecule has 1 aliphatic heterocycles. The maximum Gasteiger partial charge on any atom is 0.0488 e.